The van der Waals surface area contributed by atoms with Crippen molar-refractivity contribution in [3.8, 4) is 0 Å². The molecule has 0 spiro atoms. The summed E-state index contributed by atoms with van der Waals surface area (Å²) in [6.07, 6.45) is 5.43. The fraction of sp³-hybridized carbons (Fsp3) is 0.250. The normalized spacial score (nSPS) is 20.6. The number of nitrogens with zero attached hydrogens (tertiary/aromatic N) is 2. The maximum absolute atomic E-state index is 4.01. The van der Waals surface area contributed by atoms with Crippen molar-refractivity contribution in [3.63, 3.8) is 0 Å². The molecule has 0 saturated carbocycles. The minimum atomic E-state index is 0.304. The van der Waals surface area contributed by atoms with Crippen LogP contribution >= 0.6 is 0 Å². The Morgan fingerprint density at radius 3 is 3.27 bits per heavy atom. The molecule has 0 saturated heterocycles. The fourth-order valence-corrected chi connectivity index (χ4v) is 1.21. The zero-order valence-corrected chi connectivity index (χ0v) is 6.28. The highest BCUT2D eigenvalue weighted by Crippen LogP contribution is 2.17. The minimum Gasteiger partial charge on any atom is -0.303 e. The predicted octanol–water partition coefficient (Wildman–Crippen LogP) is 1.08. The zero-order chi connectivity index (χ0) is 7.68. The van der Waals surface area contributed by atoms with Gasteiger partial charge in [-0.15, -0.1) is 0 Å². The van der Waals surface area contributed by atoms with Gasteiger partial charge in [0.1, 0.15) is 0 Å². The van der Waals surface area contributed by atoms with Gasteiger partial charge in [0.2, 0.25) is 0 Å². The molecule has 0 radical (unpaired) electrons. The Morgan fingerprint density at radius 1 is 1.55 bits per heavy atom. The van der Waals surface area contributed by atoms with E-state index in [2.05, 4.69) is 22.4 Å². The van der Waals surface area contributed by atoms with Gasteiger partial charge in [-0.1, -0.05) is 0 Å². The van der Waals surface area contributed by atoms with Gasteiger partial charge in [-0.2, -0.15) is 5.10 Å². The monoisotopic (exact) mass is 147 g/mol. The molecule has 0 aliphatic carbocycles. The summed E-state index contributed by atoms with van der Waals surface area (Å²) in [6.45, 7) is 2.08. The van der Waals surface area contributed by atoms with Crippen LogP contribution in [0.5, 0.6) is 0 Å². The van der Waals surface area contributed by atoms with Crippen LogP contribution in [0.1, 0.15) is 24.1 Å². The molecule has 2 heterocycles. The van der Waals surface area contributed by atoms with Crippen LogP contribution in [0.3, 0.4) is 0 Å². The molecule has 0 amide bonds. The molecule has 3 nitrogen and oxygen atoms in total. The van der Waals surface area contributed by atoms with Gasteiger partial charge in [-0.05, 0) is 18.6 Å². The van der Waals surface area contributed by atoms with E-state index in [0.717, 1.165) is 5.56 Å². The summed E-state index contributed by atoms with van der Waals surface area (Å²) in [4.78, 5) is 4.01. The predicted molar refractivity (Wildman–Crippen MR) is 43.4 cm³/mol. The molecule has 3 heteroatoms. The van der Waals surface area contributed by atoms with Crippen LogP contribution < -0.4 is 5.43 Å². The molecular formula is C8H9N3. The molecule has 1 aromatic rings. The van der Waals surface area contributed by atoms with E-state index in [4.69, 9.17) is 0 Å². The molecule has 0 fully saturated rings. The van der Waals surface area contributed by atoms with E-state index >= 15 is 0 Å². The summed E-state index contributed by atoms with van der Waals surface area (Å²) < 4.78 is 0. The largest absolute Gasteiger partial charge is 0.303 e. The van der Waals surface area contributed by atoms with E-state index in [1.165, 1.54) is 5.56 Å². The van der Waals surface area contributed by atoms with Crippen molar-refractivity contribution in [2.75, 3.05) is 0 Å². The van der Waals surface area contributed by atoms with E-state index in [9.17, 15) is 0 Å². The van der Waals surface area contributed by atoms with Gasteiger partial charge in [0.05, 0.1) is 12.3 Å². The highest BCUT2D eigenvalue weighted by atomic mass is 15.3. The molecule has 56 valence electrons. The third-order valence-corrected chi connectivity index (χ3v) is 1.83. The average molecular weight is 147 g/mol. The van der Waals surface area contributed by atoms with Gasteiger partial charge < -0.3 is 5.43 Å². The molecular weight excluding hydrogens is 138 g/mol. The SMILES string of the molecule is CC1NN=Cc2cnccc21. The lowest BCUT2D eigenvalue weighted by atomic mass is 10.0. The Bertz CT molecular complexity index is 293. The maximum atomic E-state index is 4.01. The minimum absolute atomic E-state index is 0.304. The molecule has 0 aromatic carbocycles. The first-order chi connectivity index (χ1) is 5.38. The number of rotatable bonds is 0. The summed E-state index contributed by atoms with van der Waals surface area (Å²) in [5.74, 6) is 0. The fourth-order valence-electron chi connectivity index (χ4n) is 1.21. The Balaban J connectivity index is 2.54. The Hall–Kier alpha value is -1.38. The van der Waals surface area contributed by atoms with E-state index in [1.54, 1.807) is 12.4 Å². The van der Waals surface area contributed by atoms with Crippen molar-refractivity contribution in [1.82, 2.24) is 10.4 Å². The van der Waals surface area contributed by atoms with E-state index in [-0.39, 0.29) is 0 Å². The summed E-state index contributed by atoms with van der Waals surface area (Å²) in [5, 5.41) is 3.98. The van der Waals surface area contributed by atoms with Crippen LogP contribution in [0.2, 0.25) is 0 Å². The molecule has 1 aliphatic heterocycles. The molecule has 1 N–H and O–H groups in total. The van der Waals surface area contributed by atoms with Gasteiger partial charge in [0.15, 0.2) is 0 Å². The van der Waals surface area contributed by atoms with Crippen molar-refractivity contribution >= 4 is 6.21 Å². The van der Waals surface area contributed by atoms with Gasteiger partial charge in [0.25, 0.3) is 0 Å². The second kappa shape index (κ2) is 2.34. The van der Waals surface area contributed by atoms with E-state index in [1.807, 2.05) is 12.3 Å². The first-order valence-corrected chi connectivity index (χ1v) is 3.60. The third-order valence-electron chi connectivity index (χ3n) is 1.83. The van der Waals surface area contributed by atoms with Crippen molar-refractivity contribution in [3.05, 3.63) is 29.6 Å². The molecule has 1 unspecified atom stereocenters. The number of pyridine rings is 1. The van der Waals surface area contributed by atoms with Gasteiger partial charge in [-0.25, -0.2) is 0 Å². The lowest BCUT2D eigenvalue weighted by Gasteiger charge is -2.17. The summed E-state index contributed by atoms with van der Waals surface area (Å²) in [6, 6.07) is 2.32. The van der Waals surface area contributed by atoms with Crippen molar-refractivity contribution in [2.24, 2.45) is 5.10 Å². The smallest absolute Gasteiger partial charge is 0.0668 e. The van der Waals surface area contributed by atoms with Crippen LogP contribution in [0.15, 0.2) is 23.6 Å². The standard InChI is InChI=1S/C8H9N3/c1-6-8-2-3-9-4-7(8)5-10-11-6/h2-6,11H,1H3. The quantitative estimate of drug-likeness (QED) is 0.596. The zero-order valence-electron chi connectivity index (χ0n) is 6.28. The second-order valence-electron chi connectivity index (χ2n) is 2.61. The lowest BCUT2D eigenvalue weighted by Crippen LogP contribution is -2.18. The van der Waals surface area contributed by atoms with Gasteiger partial charge in [0, 0.05) is 18.0 Å². The summed E-state index contributed by atoms with van der Waals surface area (Å²) >= 11 is 0. The van der Waals surface area contributed by atoms with Gasteiger partial charge >= 0.3 is 0 Å². The maximum Gasteiger partial charge on any atom is 0.0668 e. The van der Waals surface area contributed by atoms with E-state index in [0.29, 0.717) is 6.04 Å². The first-order valence-electron chi connectivity index (χ1n) is 3.60. The average Bonchev–Trinajstić information content (AvgIpc) is 2.06. The summed E-state index contributed by atoms with van der Waals surface area (Å²) in [5.41, 5.74) is 5.35. The third kappa shape index (κ3) is 0.981. The van der Waals surface area contributed by atoms with Crippen molar-refractivity contribution in [1.29, 1.82) is 0 Å². The summed E-state index contributed by atoms with van der Waals surface area (Å²) in [7, 11) is 0. The number of nitrogens with one attached hydrogen (secondary N) is 1. The van der Waals surface area contributed by atoms with Crippen LogP contribution in [0.25, 0.3) is 0 Å². The molecule has 11 heavy (non-hydrogen) atoms. The van der Waals surface area contributed by atoms with Crippen LogP contribution in [0.4, 0.5) is 0 Å². The Morgan fingerprint density at radius 2 is 2.45 bits per heavy atom. The topological polar surface area (TPSA) is 37.3 Å². The molecule has 0 bridgehead atoms. The van der Waals surface area contributed by atoms with Crippen molar-refractivity contribution in [2.45, 2.75) is 13.0 Å². The lowest BCUT2D eigenvalue weighted by molar-refractivity contribution is 0.597. The Labute approximate surface area is 65.2 Å². The molecule has 1 aliphatic rings. The molecule has 1 aromatic heterocycles. The first kappa shape index (κ1) is 6.34. The van der Waals surface area contributed by atoms with Gasteiger partial charge in [-0.3, -0.25) is 4.98 Å². The highest BCUT2D eigenvalue weighted by molar-refractivity contribution is 5.82. The number of fused-ring (bicyclic) bond motifs is 1. The molecule has 2 rings (SSSR count). The number of hydrazone groups is 1. The van der Waals surface area contributed by atoms with Crippen molar-refractivity contribution < 1.29 is 0 Å². The number of hydrogen-bond donors (Lipinski definition) is 1. The number of hydrogen-bond acceptors (Lipinski definition) is 3. The van der Waals surface area contributed by atoms with Crippen LogP contribution in [-0.2, 0) is 0 Å². The molecule has 1 atom stereocenters. The van der Waals surface area contributed by atoms with Crippen LogP contribution in [-0.4, -0.2) is 11.2 Å². The van der Waals surface area contributed by atoms with E-state index < -0.39 is 0 Å². The second-order valence-corrected chi connectivity index (χ2v) is 2.61. The van der Waals surface area contributed by atoms with Crippen LogP contribution in [0, 0.1) is 0 Å². The highest BCUT2D eigenvalue weighted by Gasteiger charge is 2.10. The Kier molecular flexibility index (Phi) is 1.35. The number of aromatic nitrogens is 1.